The average Bonchev–Trinajstić information content (AvgIpc) is 2.46. The van der Waals surface area contributed by atoms with Gasteiger partial charge in [-0.15, -0.1) is 0 Å². The predicted molar refractivity (Wildman–Crippen MR) is 84.1 cm³/mol. The molecule has 1 aliphatic carbocycles. The molecule has 0 aliphatic heterocycles. The van der Waals surface area contributed by atoms with E-state index >= 15 is 0 Å². The number of hydrogen-bond acceptors (Lipinski definition) is 2. The number of benzene rings is 1. The number of hydrogen-bond donors (Lipinski definition) is 2. The second-order valence-corrected chi connectivity index (χ2v) is 6.07. The van der Waals surface area contributed by atoms with Crippen molar-refractivity contribution in [2.75, 3.05) is 6.61 Å². The van der Waals surface area contributed by atoms with Crippen LogP contribution in [-0.4, -0.2) is 23.2 Å². The fourth-order valence-electron chi connectivity index (χ4n) is 2.88. The fraction of sp³-hybridized carbons (Fsp3) is 0.500. The molecule has 0 unspecified atom stereocenters. The van der Waals surface area contributed by atoms with Gasteiger partial charge < -0.3 is 10.4 Å². The van der Waals surface area contributed by atoms with Crippen molar-refractivity contribution in [2.45, 2.75) is 51.5 Å². The van der Waals surface area contributed by atoms with Crippen LogP contribution in [0.15, 0.2) is 18.2 Å². The maximum atomic E-state index is 12.6. The SMILES string of the molecule is Cc1ccc(C#CCO)cc1C(=O)NC1(C)CCCCC1. The lowest BCUT2D eigenvalue weighted by Gasteiger charge is -2.34. The summed E-state index contributed by atoms with van der Waals surface area (Å²) >= 11 is 0. The van der Waals surface area contributed by atoms with Gasteiger partial charge in [0.2, 0.25) is 0 Å². The summed E-state index contributed by atoms with van der Waals surface area (Å²) in [5.74, 6) is 5.44. The van der Waals surface area contributed by atoms with E-state index in [1.165, 1.54) is 19.3 Å². The Kier molecular flexibility index (Phi) is 5.03. The monoisotopic (exact) mass is 285 g/mol. The highest BCUT2D eigenvalue weighted by Gasteiger charge is 2.29. The van der Waals surface area contributed by atoms with E-state index in [0.29, 0.717) is 5.56 Å². The van der Waals surface area contributed by atoms with Crippen LogP contribution < -0.4 is 5.32 Å². The zero-order valence-corrected chi connectivity index (χ0v) is 12.8. The summed E-state index contributed by atoms with van der Waals surface area (Å²) in [7, 11) is 0. The van der Waals surface area contributed by atoms with E-state index in [0.717, 1.165) is 24.0 Å². The second-order valence-electron chi connectivity index (χ2n) is 6.07. The number of carbonyl (C=O) groups is 1. The Morgan fingerprint density at radius 2 is 2.05 bits per heavy atom. The zero-order chi connectivity index (χ0) is 15.3. The Labute approximate surface area is 126 Å². The first kappa shape index (κ1) is 15.6. The van der Waals surface area contributed by atoms with Crippen LogP contribution >= 0.6 is 0 Å². The minimum Gasteiger partial charge on any atom is -0.384 e. The minimum atomic E-state index is -0.173. The molecule has 0 spiro atoms. The molecule has 0 bridgehead atoms. The van der Waals surface area contributed by atoms with Gasteiger partial charge >= 0.3 is 0 Å². The molecule has 1 fully saturated rings. The summed E-state index contributed by atoms with van der Waals surface area (Å²) in [5, 5.41) is 12.0. The third-order valence-electron chi connectivity index (χ3n) is 4.17. The summed E-state index contributed by atoms with van der Waals surface area (Å²) in [5.41, 5.74) is 2.29. The molecule has 2 N–H and O–H groups in total. The maximum absolute atomic E-state index is 12.6. The number of aliphatic hydroxyl groups excluding tert-OH is 1. The Balaban J connectivity index is 2.18. The molecule has 0 aromatic heterocycles. The van der Waals surface area contributed by atoms with Crippen molar-refractivity contribution in [1.82, 2.24) is 5.32 Å². The Morgan fingerprint density at radius 1 is 1.33 bits per heavy atom. The quantitative estimate of drug-likeness (QED) is 0.821. The zero-order valence-electron chi connectivity index (χ0n) is 12.8. The average molecular weight is 285 g/mol. The first-order valence-corrected chi connectivity index (χ1v) is 7.57. The maximum Gasteiger partial charge on any atom is 0.252 e. The predicted octanol–water partition coefficient (Wildman–Crippen LogP) is 2.79. The van der Waals surface area contributed by atoms with E-state index in [2.05, 4.69) is 24.1 Å². The molecule has 0 heterocycles. The van der Waals surface area contributed by atoms with Crippen LogP contribution in [0.4, 0.5) is 0 Å². The summed E-state index contributed by atoms with van der Waals surface area (Å²) in [6.07, 6.45) is 5.70. The van der Waals surface area contributed by atoms with Gasteiger partial charge in [0.1, 0.15) is 6.61 Å². The third kappa shape index (κ3) is 4.09. The molecule has 0 radical (unpaired) electrons. The van der Waals surface area contributed by atoms with Crippen LogP contribution in [0.1, 0.15) is 60.5 Å². The number of nitrogens with one attached hydrogen (secondary N) is 1. The highest BCUT2D eigenvalue weighted by molar-refractivity contribution is 5.96. The molecule has 112 valence electrons. The normalized spacial score (nSPS) is 16.7. The molecule has 2 rings (SSSR count). The standard InChI is InChI=1S/C18H23NO2/c1-14-8-9-15(7-6-12-20)13-16(14)17(21)19-18(2)10-4-3-5-11-18/h8-9,13,20H,3-5,10-12H2,1-2H3,(H,19,21). The van der Waals surface area contributed by atoms with Crippen molar-refractivity contribution in [2.24, 2.45) is 0 Å². The summed E-state index contributed by atoms with van der Waals surface area (Å²) < 4.78 is 0. The lowest BCUT2D eigenvalue weighted by Crippen LogP contribution is -2.47. The Hall–Kier alpha value is -1.79. The highest BCUT2D eigenvalue weighted by Crippen LogP contribution is 2.28. The van der Waals surface area contributed by atoms with Crippen LogP contribution in [0.25, 0.3) is 0 Å². The first-order chi connectivity index (χ1) is 10.0. The van der Waals surface area contributed by atoms with E-state index in [1.54, 1.807) is 6.07 Å². The highest BCUT2D eigenvalue weighted by atomic mass is 16.2. The van der Waals surface area contributed by atoms with E-state index in [4.69, 9.17) is 5.11 Å². The molecule has 3 heteroatoms. The smallest absolute Gasteiger partial charge is 0.252 e. The Morgan fingerprint density at radius 3 is 2.71 bits per heavy atom. The lowest BCUT2D eigenvalue weighted by molar-refractivity contribution is 0.0882. The van der Waals surface area contributed by atoms with Crippen LogP contribution in [-0.2, 0) is 0 Å². The van der Waals surface area contributed by atoms with Gasteiger partial charge in [0.15, 0.2) is 0 Å². The molecule has 1 amide bonds. The molecular weight excluding hydrogens is 262 g/mol. The first-order valence-electron chi connectivity index (χ1n) is 7.57. The van der Waals surface area contributed by atoms with Gasteiger partial charge in [0.05, 0.1) is 0 Å². The number of amides is 1. The van der Waals surface area contributed by atoms with Gasteiger partial charge in [-0.3, -0.25) is 4.79 Å². The van der Waals surface area contributed by atoms with Crippen molar-refractivity contribution in [3.05, 3.63) is 34.9 Å². The molecule has 3 nitrogen and oxygen atoms in total. The third-order valence-corrected chi connectivity index (χ3v) is 4.17. The van der Waals surface area contributed by atoms with Crippen LogP contribution in [0.3, 0.4) is 0 Å². The number of aryl methyl sites for hydroxylation is 1. The van der Waals surface area contributed by atoms with E-state index in [1.807, 2.05) is 19.1 Å². The number of aliphatic hydroxyl groups is 1. The van der Waals surface area contributed by atoms with Crippen molar-refractivity contribution in [3.63, 3.8) is 0 Å². The number of rotatable bonds is 2. The Bertz CT molecular complexity index is 575. The van der Waals surface area contributed by atoms with Crippen LogP contribution in [0.5, 0.6) is 0 Å². The summed E-state index contributed by atoms with van der Waals surface area (Å²) in [4.78, 5) is 12.6. The van der Waals surface area contributed by atoms with Gasteiger partial charge in [-0.05, 0) is 44.4 Å². The van der Waals surface area contributed by atoms with Crippen molar-refractivity contribution in [1.29, 1.82) is 0 Å². The van der Waals surface area contributed by atoms with Gasteiger partial charge in [-0.2, -0.15) is 0 Å². The van der Waals surface area contributed by atoms with Gasteiger partial charge in [0, 0.05) is 16.7 Å². The molecular formula is C18H23NO2. The largest absolute Gasteiger partial charge is 0.384 e. The summed E-state index contributed by atoms with van der Waals surface area (Å²) in [6, 6.07) is 5.58. The molecule has 1 saturated carbocycles. The van der Waals surface area contributed by atoms with Gasteiger partial charge in [0.25, 0.3) is 5.91 Å². The van der Waals surface area contributed by atoms with E-state index < -0.39 is 0 Å². The second kappa shape index (κ2) is 6.78. The van der Waals surface area contributed by atoms with Gasteiger partial charge in [-0.25, -0.2) is 0 Å². The molecule has 1 aromatic rings. The van der Waals surface area contributed by atoms with Crippen molar-refractivity contribution >= 4 is 5.91 Å². The molecule has 0 saturated heterocycles. The molecule has 21 heavy (non-hydrogen) atoms. The minimum absolute atomic E-state index is 0.0236. The molecule has 1 aromatic carbocycles. The van der Waals surface area contributed by atoms with Crippen LogP contribution in [0, 0.1) is 18.8 Å². The molecule has 1 aliphatic rings. The van der Waals surface area contributed by atoms with Crippen molar-refractivity contribution < 1.29 is 9.90 Å². The van der Waals surface area contributed by atoms with Crippen molar-refractivity contribution in [3.8, 4) is 11.8 Å². The summed E-state index contributed by atoms with van der Waals surface area (Å²) in [6.45, 7) is 3.89. The van der Waals surface area contributed by atoms with E-state index in [-0.39, 0.29) is 18.1 Å². The fourth-order valence-corrected chi connectivity index (χ4v) is 2.88. The topological polar surface area (TPSA) is 49.3 Å². The lowest BCUT2D eigenvalue weighted by atomic mass is 9.83. The van der Waals surface area contributed by atoms with E-state index in [9.17, 15) is 4.79 Å². The number of carbonyl (C=O) groups excluding carboxylic acids is 1. The van der Waals surface area contributed by atoms with Gasteiger partial charge in [-0.1, -0.05) is 37.2 Å². The molecule has 0 atom stereocenters. The van der Waals surface area contributed by atoms with Crippen LogP contribution in [0.2, 0.25) is 0 Å².